The minimum atomic E-state index is -0.296. The van der Waals surface area contributed by atoms with Crippen molar-refractivity contribution >= 4 is 29.3 Å². The van der Waals surface area contributed by atoms with Gasteiger partial charge in [-0.25, -0.2) is 0 Å². The van der Waals surface area contributed by atoms with Crippen LogP contribution in [0.25, 0.3) is 0 Å². The van der Waals surface area contributed by atoms with E-state index in [4.69, 9.17) is 16.3 Å². The van der Waals surface area contributed by atoms with Gasteiger partial charge in [0.05, 0.1) is 11.8 Å². The highest BCUT2D eigenvalue weighted by molar-refractivity contribution is 7.99. The van der Waals surface area contributed by atoms with Crippen LogP contribution in [0.2, 0.25) is 5.02 Å². The second kappa shape index (κ2) is 7.93. The fourth-order valence-corrected chi connectivity index (χ4v) is 4.09. The van der Waals surface area contributed by atoms with E-state index in [0.29, 0.717) is 5.75 Å². The Kier molecular flexibility index (Phi) is 5.83. The van der Waals surface area contributed by atoms with Crippen molar-refractivity contribution in [3.63, 3.8) is 0 Å². The number of ether oxygens (including phenoxy) is 1. The molecule has 138 valence electrons. The van der Waals surface area contributed by atoms with Crippen molar-refractivity contribution in [2.75, 3.05) is 5.75 Å². The van der Waals surface area contributed by atoms with E-state index in [0.717, 1.165) is 34.1 Å². The van der Waals surface area contributed by atoms with Crippen LogP contribution in [0, 0.1) is 6.92 Å². The first kappa shape index (κ1) is 19.1. The third kappa shape index (κ3) is 4.95. The number of halogens is 1. The van der Waals surface area contributed by atoms with Crippen LogP contribution in [-0.2, 0) is 10.5 Å². The van der Waals surface area contributed by atoms with Gasteiger partial charge in [0.1, 0.15) is 11.4 Å². The van der Waals surface area contributed by atoms with Gasteiger partial charge in [0.2, 0.25) is 5.91 Å². The van der Waals surface area contributed by atoms with Crippen molar-refractivity contribution in [2.45, 2.75) is 44.6 Å². The average molecular weight is 390 g/mol. The number of hydrogen-bond donors (Lipinski definition) is 1. The van der Waals surface area contributed by atoms with Crippen molar-refractivity contribution in [1.82, 2.24) is 5.32 Å². The zero-order valence-electron chi connectivity index (χ0n) is 15.3. The normalized spacial score (nSPS) is 17.9. The molecule has 1 amide bonds. The second-order valence-electron chi connectivity index (χ2n) is 7.35. The molecule has 0 fully saturated rings. The average Bonchev–Trinajstić information content (AvgIpc) is 2.55. The zero-order valence-corrected chi connectivity index (χ0v) is 16.9. The summed E-state index contributed by atoms with van der Waals surface area (Å²) >= 11 is 7.50. The molecule has 0 saturated carbocycles. The number of carbonyl (C=O) groups is 1. The van der Waals surface area contributed by atoms with Crippen LogP contribution < -0.4 is 10.1 Å². The van der Waals surface area contributed by atoms with E-state index in [1.807, 2.05) is 37.3 Å². The molecule has 1 N–H and O–H groups in total. The fraction of sp³-hybridized carbons (Fsp3) is 0.381. The molecule has 1 atom stereocenters. The van der Waals surface area contributed by atoms with Gasteiger partial charge in [-0.1, -0.05) is 35.9 Å². The standard InChI is InChI=1S/C21H24ClNO2S/c1-14-4-9-17-18(11-21(2,3)25-19(17)10-14)23-20(24)13-26-12-15-5-7-16(22)8-6-15/h4-10,18H,11-13H2,1-3H3,(H,23,24)/t18-/m0/s1. The molecule has 3 nitrogen and oxygen atoms in total. The number of fused-ring (bicyclic) bond motifs is 1. The van der Waals surface area contributed by atoms with Crippen molar-refractivity contribution in [2.24, 2.45) is 0 Å². The molecule has 2 aromatic rings. The van der Waals surface area contributed by atoms with Crippen molar-refractivity contribution in [3.05, 3.63) is 64.2 Å². The summed E-state index contributed by atoms with van der Waals surface area (Å²) in [5, 5.41) is 3.91. The number of amides is 1. The Hall–Kier alpha value is -1.65. The van der Waals surface area contributed by atoms with Gasteiger partial charge in [-0.3, -0.25) is 4.79 Å². The molecule has 0 saturated heterocycles. The number of benzene rings is 2. The van der Waals surface area contributed by atoms with Crippen molar-refractivity contribution in [3.8, 4) is 5.75 Å². The van der Waals surface area contributed by atoms with Crippen molar-refractivity contribution in [1.29, 1.82) is 0 Å². The van der Waals surface area contributed by atoms with E-state index >= 15 is 0 Å². The summed E-state index contributed by atoms with van der Waals surface area (Å²) in [7, 11) is 0. The highest BCUT2D eigenvalue weighted by atomic mass is 35.5. The largest absolute Gasteiger partial charge is 0.487 e. The molecule has 3 rings (SSSR count). The SMILES string of the molecule is Cc1ccc2c(c1)OC(C)(C)C[C@@H]2NC(=O)CSCc1ccc(Cl)cc1. The molecule has 1 aliphatic rings. The summed E-state index contributed by atoms with van der Waals surface area (Å²) in [5.74, 6) is 2.15. The van der Waals surface area contributed by atoms with Gasteiger partial charge < -0.3 is 10.1 Å². The molecule has 5 heteroatoms. The lowest BCUT2D eigenvalue weighted by atomic mass is 9.89. The molecular weight excluding hydrogens is 366 g/mol. The number of aryl methyl sites for hydroxylation is 1. The van der Waals surface area contributed by atoms with Crippen LogP contribution in [0.4, 0.5) is 0 Å². The van der Waals surface area contributed by atoms with E-state index < -0.39 is 0 Å². The number of nitrogens with one attached hydrogen (secondary N) is 1. The number of carbonyl (C=O) groups excluding carboxylic acids is 1. The lowest BCUT2D eigenvalue weighted by molar-refractivity contribution is -0.119. The predicted octanol–water partition coefficient (Wildman–Crippen LogP) is 5.30. The van der Waals surface area contributed by atoms with Gasteiger partial charge in [0.15, 0.2) is 0 Å². The van der Waals surface area contributed by atoms with E-state index in [2.05, 4.69) is 31.3 Å². The summed E-state index contributed by atoms with van der Waals surface area (Å²) in [6.45, 7) is 6.17. The highest BCUT2D eigenvalue weighted by Gasteiger charge is 2.34. The number of thioether (sulfide) groups is 1. The molecule has 0 unspecified atom stereocenters. The maximum Gasteiger partial charge on any atom is 0.230 e. The van der Waals surface area contributed by atoms with Gasteiger partial charge in [-0.05, 0) is 50.1 Å². The Labute approximate surface area is 164 Å². The predicted molar refractivity (Wildman–Crippen MR) is 109 cm³/mol. The van der Waals surface area contributed by atoms with Crippen LogP contribution >= 0.6 is 23.4 Å². The van der Waals surface area contributed by atoms with Gasteiger partial charge in [0, 0.05) is 22.8 Å². The van der Waals surface area contributed by atoms with Gasteiger partial charge >= 0.3 is 0 Å². The summed E-state index contributed by atoms with van der Waals surface area (Å²) < 4.78 is 6.09. The minimum absolute atomic E-state index is 0.0158. The number of rotatable bonds is 5. The molecule has 0 bridgehead atoms. The third-order valence-electron chi connectivity index (χ3n) is 4.38. The maximum absolute atomic E-state index is 12.4. The molecule has 0 aliphatic carbocycles. The van der Waals surface area contributed by atoms with Crippen LogP contribution in [0.3, 0.4) is 0 Å². The molecule has 26 heavy (non-hydrogen) atoms. The second-order valence-corrected chi connectivity index (χ2v) is 8.77. The quantitative estimate of drug-likeness (QED) is 0.753. The first-order valence-corrected chi connectivity index (χ1v) is 10.3. The summed E-state index contributed by atoms with van der Waals surface area (Å²) in [4.78, 5) is 12.4. The fourth-order valence-electron chi connectivity index (χ4n) is 3.17. The first-order chi connectivity index (χ1) is 12.3. The van der Waals surface area contributed by atoms with Gasteiger partial charge in [-0.2, -0.15) is 0 Å². The van der Waals surface area contributed by atoms with Crippen LogP contribution in [0.15, 0.2) is 42.5 Å². The van der Waals surface area contributed by atoms with E-state index in [-0.39, 0.29) is 17.6 Å². The zero-order chi connectivity index (χ0) is 18.7. The van der Waals surface area contributed by atoms with Crippen LogP contribution in [0.1, 0.15) is 43.0 Å². The molecular formula is C21H24ClNO2S. The molecule has 2 aromatic carbocycles. The molecule has 1 aliphatic heterocycles. The first-order valence-electron chi connectivity index (χ1n) is 8.73. The van der Waals surface area contributed by atoms with E-state index in [1.54, 1.807) is 11.8 Å². The lowest BCUT2D eigenvalue weighted by Crippen LogP contribution is -2.41. The summed E-state index contributed by atoms with van der Waals surface area (Å²) in [6.07, 6.45) is 0.761. The Morgan fingerprint density at radius 3 is 2.73 bits per heavy atom. The minimum Gasteiger partial charge on any atom is -0.487 e. The molecule has 0 aromatic heterocycles. The van der Waals surface area contributed by atoms with Gasteiger partial charge in [0.25, 0.3) is 0 Å². The van der Waals surface area contributed by atoms with Gasteiger partial charge in [-0.15, -0.1) is 11.8 Å². The highest BCUT2D eigenvalue weighted by Crippen LogP contribution is 2.39. The maximum atomic E-state index is 12.4. The lowest BCUT2D eigenvalue weighted by Gasteiger charge is -2.38. The molecule has 0 radical (unpaired) electrons. The monoisotopic (exact) mass is 389 g/mol. The van der Waals surface area contributed by atoms with Crippen LogP contribution in [0.5, 0.6) is 5.75 Å². The Morgan fingerprint density at radius 1 is 1.27 bits per heavy atom. The molecule has 0 spiro atoms. The van der Waals surface area contributed by atoms with E-state index in [1.165, 1.54) is 5.56 Å². The van der Waals surface area contributed by atoms with Crippen molar-refractivity contribution < 1.29 is 9.53 Å². The summed E-state index contributed by atoms with van der Waals surface area (Å²) in [5.41, 5.74) is 3.09. The Balaban J connectivity index is 1.59. The summed E-state index contributed by atoms with van der Waals surface area (Å²) in [6, 6.07) is 13.9. The Bertz CT molecular complexity index is 789. The Morgan fingerprint density at radius 2 is 2.00 bits per heavy atom. The number of hydrogen-bond acceptors (Lipinski definition) is 3. The van der Waals surface area contributed by atoms with Crippen LogP contribution in [-0.4, -0.2) is 17.3 Å². The third-order valence-corrected chi connectivity index (χ3v) is 5.63. The smallest absolute Gasteiger partial charge is 0.230 e. The topological polar surface area (TPSA) is 38.3 Å². The molecule has 1 heterocycles. The van der Waals surface area contributed by atoms with E-state index in [9.17, 15) is 4.79 Å².